The van der Waals surface area contributed by atoms with E-state index in [1.54, 1.807) is 19.1 Å². The summed E-state index contributed by atoms with van der Waals surface area (Å²) in [5.41, 5.74) is -1.24. The summed E-state index contributed by atoms with van der Waals surface area (Å²) in [6.45, 7) is 2.88. The molecule has 0 fully saturated rings. The largest absolute Gasteiger partial charge is 0.416 e. The van der Waals surface area contributed by atoms with Gasteiger partial charge in [0.15, 0.2) is 0 Å². The maximum atomic E-state index is 13.7. The Hall–Kier alpha value is -2.21. The van der Waals surface area contributed by atoms with Gasteiger partial charge in [-0.25, -0.2) is 8.42 Å². The van der Waals surface area contributed by atoms with Gasteiger partial charge in [0.1, 0.15) is 12.6 Å². The minimum atomic E-state index is -4.78. The van der Waals surface area contributed by atoms with E-state index in [9.17, 15) is 31.2 Å². The predicted octanol–water partition coefficient (Wildman–Crippen LogP) is 6.16. The van der Waals surface area contributed by atoms with Gasteiger partial charge in [-0.15, -0.1) is 0 Å². The molecule has 14 heteroatoms. The molecule has 2 aromatic carbocycles. The third-order valence-electron chi connectivity index (χ3n) is 5.79. The van der Waals surface area contributed by atoms with Crippen molar-refractivity contribution in [2.24, 2.45) is 0 Å². The number of anilines is 1. The molecule has 0 heterocycles. The van der Waals surface area contributed by atoms with Crippen LogP contribution in [0.3, 0.4) is 0 Å². The van der Waals surface area contributed by atoms with Crippen molar-refractivity contribution in [2.45, 2.75) is 51.9 Å². The van der Waals surface area contributed by atoms with Crippen molar-refractivity contribution in [1.29, 1.82) is 0 Å². The standard InChI is InChI=1S/C25H29Cl3F3N3O4S/c1-4-6-11-32-24(36)21(5-2)33(14-16-7-9-18(26)13-20(16)28)23(35)15-34(39(3,37)38)22-12-17(25(29,30)31)8-10-19(22)27/h7-10,12-13,21H,4-6,11,14-15H2,1-3H3,(H,32,36)/t21-/m1/s1. The summed E-state index contributed by atoms with van der Waals surface area (Å²) in [5, 5.41) is 3.01. The van der Waals surface area contributed by atoms with E-state index in [0.29, 0.717) is 40.0 Å². The number of alkyl halides is 3. The Labute approximate surface area is 241 Å². The van der Waals surface area contributed by atoms with Gasteiger partial charge in [0.05, 0.1) is 22.5 Å². The molecule has 0 radical (unpaired) electrons. The number of benzene rings is 2. The van der Waals surface area contributed by atoms with Gasteiger partial charge in [0, 0.05) is 23.1 Å². The lowest BCUT2D eigenvalue weighted by atomic mass is 10.1. The van der Waals surface area contributed by atoms with E-state index in [1.165, 1.54) is 6.07 Å². The van der Waals surface area contributed by atoms with Gasteiger partial charge in [-0.1, -0.05) is 61.1 Å². The molecule has 2 amide bonds. The SMILES string of the molecule is CCCCNC(=O)[C@@H](CC)N(Cc1ccc(Cl)cc1Cl)C(=O)CN(c1cc(C(F)(F)F)ccc1Cl)S(C)(=O)=O. The third-order valence-corrected chi connectivity index (χ3v) is 7.83. The van der Waals surface area contributed by atoms with E-state index in [2.05, 4.69) is 5.32 Å². The number of carbonyl (C=O) groups excluding carboxylic acids is 2. The molecule has 0 bridgehead atoms. The summed E-state index contributed by atoms with van der Waals surface area (Å²) in [7, 11) is -4.30. The van der Waals surface area contributed by atoms with Gasteiger partial charge >= 0.3 is 6.18 Å². The molecule has 1 atom stereocenters. The van der Waals surface area contributed by atoms with E-state index in [1.807, 2.05) is 6.92 Å². The number of nitrogens with one attached hydrogen (secondary N) is 1. The van der Waals surface area contributed by atoms with Crippen LogP contribution in [0, 0.1) is 0 Å². The van der Waals surface area contributed by atoms with Gasteiger partial charge in [-0.05, 0) is 48.7 Å². The minimum Gasteiger partial charge on any atom is -0.354 e. The second kappa shape index (κ2) is 13.9. The fourth-order valence-corrected chi connectivity index (χ4v) is 5.33. The second-order valence-corrected chi connectivity index (χ2v) is 11.9. The third kappa shape index (κ3) is 9.16. The van der Waals surface area contributed by atoms with Crippen molar-refractivity contribution in [3.05, 3.63) is 62.6 Å². The zero-order valence-electron chi connectivity index (χ0n) is 21.5. The van der Waals surface area contributed by atoms with E-state index < -0.39 is 51.9 Å². The lowest BCUT2D eigenvalue weighted by Gasteiger charge is -2.33. The summed E-state index contributed by atoms with van der Waals surface area (Å²) in [6.07, 6.45) is -2.35. The molecule has 0 unspecified atom stereocenters. The number of rotatable bonds is 12. The van der Waals surface area contributed by atoms with Crippen LogP contribution >= 0.6 is 34.8 Å². The molecular weight excluding hydrogens is 602 g/mol. The molecule has 1 N–H and O–H groups in total. The number of halogens is 6. The first-order valence-corrected chi connectivity index (χ1v) is 14.9. The van der Waals surface area contributed by atoms with Crippen molar-refractivity contribution in [3.63, 3.8) is 0 Å². The van der Waals surface area contributed by atoms with Crippen molar-refractivity contribution in [1.82, 2.24) is 10.2 Å². The first kappa shape index (κ1) is 33.0. The van der Waals surface area contributed by atoms with Crippen LogP contribution < -0.4 is 9.62 Å². The molecule has 0 aliphatic carbocycles. The maximum Gasteiger partial charge on any atom is 0.416 e. The molecule has 7 nitrogen and oxygen atoms in total. The van der Waals surface area contributed by atoms with E-state index in [4.69, 9.17) is 34.8 Å². The lowest BCUT2D eigenvalue weighted by molar-refractivity contribution is -0.140. The molecule has 0 saturated heterocycles. The second-order valence-electron chi connectivity index (χ2n) is 8.76. The number of sulfonamides is 1. The molecule has 216 valence electrons. The summed E-state index contributed by atoms with van der Waals surface area (Å²) in [4.78, 5) is 27.9. The quantitative estimate of drug-likeness (QED) is 0.285. The number of carbonyl (C=O) groups is 2. The van der Waals surface area contributed by atoms with Crippen molar-refractivity contribution in [3.8, 4) is 0 Å². The van der Waals surface area contributed by atoms with Gasteiger partial charge in [-0.3, -0.25) is 13.9 Å². The highest BCUT2D eigenvalue weighted by atomic mass is 35.5. The van der Waals surface area contributed by atoms with Crippen LogP contribution in [0.5, 0.6) is 0 Å². The molecule has 0 saturated carbocycles. The number of unbranched alkanes of at least 4 members (excludes halogenated alkanes) is 1. The van der Waals surface area contributed by atoms with Gasteiger partial charge in [-0.2, -0.15) is 13.2 Å². The monoisotopic (exact) mass is 629 g/mol. The van der Waals surface area contributed by atoms with Crippen molar-refractivity contribution >= 4 is 62.3 Å². The molecule has 2 aromatic rings. The summed E-state index contributed by atoms with van der Waals surface area (Å²) in [6, 6.07) is 5.70. The van der Waals surface area contributed by atoms with Crippen LogP contribution in [-0.4, -0.2) is 50.5 Å². The minimum absolute atomic E-state index is 0.165. The smallest absolute Gasteiger partial charge is 0.354 e. The van der Waals surface area contributed by atoms with Crippen LogP contribution in [0.2, 0.25) is 15.1 Å². The normalized spacial score (nSPS) is 12.6. The van der Waals surface area contributed by atoms with Gasteiger partial charge in [0.2, 0.25) is 21.8 Å². The highest BCUT2D eigenvalue weighted by Gasteiger charge is 2.35. The Morgan fingerprint density at radius 1 is 1.03 bits per heavy atom. The Balaban J connectivity index is 2.55. The first-order chi connectivity index (χ1) is 18.1. The zero-order valence-corrected chi connectivity index (χ0v) is 24.6. The highest BCUT2D eigenvalue weighted by molar-refractivity contribution is 7.92. The van der Waals surface area contributed by atoms with Crippen LogP contribution in [-0.2, 0) is 32.3 Å². The topological polar surface area (TPSA) is 86.8 Å². The molecular formula is C25H29Cl3F3N3O4S. The molecule has 0 aliphatic heterocycles. The molecule has 0 aliphatic rings. The fourth-order valence-electron chi connectivity index (χ4n) is 3.73. The Kier molecular flexibility index (Phi) is 11.8. The predicted molar refractivity (Wildman–Crippen MR) is 148 cm³/mol. The van der Waals surface area contributed by atoms with Crippen LogP contribution in [0.15, 0.2) is 36.4 Å². The Morgan fingerprint density at radius 3 is 2.23 bits per heavy atom. The fraction of sp³-hybridized carbons (Fsp3) is 0.440. The molecule has 2 rings (SSSR count). The Bertz CT molecular complexity index is 1290. The average Bonchev–Trinajstić information content (AvgIpc) is 2.83. The van der Waals surface area contributed by atoms with E-state index in [-0.39, 0.29) is 23.0 Å². The maximum absolute atomic E-state index is 13.7. The summed E-state index contributed by atoms with van der Waals surface area (Å²) in [5.74, 6) is -1.31. The number of amides is 2. The van der Waals surface area contributed by atoms with Crippen LogP contribution in [0.4, 0.5) is 18.9 Å². The Morgan fingerprint density at radius 2 is 1.69 bits per heavy atom. The van der Waals surface area contributed by atoms with Crippen LogP contribution in [0.1, 0.15) is 44.2 Å². The van der Waals surface area contributed by atoms with Gasteiger partial charge in [0.25, 0.3) is 0 Å². The summed E-state index contributed by atoms with van der Waals surface area (Å²) >= 11 is 18.4. The number of hydrogen-bond donors (Lipinski definition) is 1. The number of nitrogens with zero attached hydrogens (tertiary/aromatic N) is 2. The molecule has 39 heavy (non-hydrogen) atoms. The van der Waals surface area contributed by atoms with E-state index >= 15 is 0 Å². The van der Waals surface area contributed by atoms with Crippen LogP contribution in [0.25, 0.3) is 0 Å². The van der Waals surface area contributed by atoms with Gasteiger partial charge < -0.3 is 10.2 Å². The summed E-state index contributed by atoms with van der Waals surface area (Å²) < 4.78 is 66.0. The van der Waals surface area contributed by atoms with E-state index in [0.717, 1.165) is 23.6 Å². The highest BCUT2D eigenvalue weighted by Crippen LogP contribution is 2.36. The molecule has 0 aromatic heterocycles. The molecule has 0 spiro atoms. The average molecular weight is 631 g/mol. The first-order valence-electron chi connectivity index (χ1n) is 12.0. The lowest BCUT2D eigenvalue weighted by Crippen LogP contribution is -2.52. The number of hydrogen-bond acceptors (Lipinski definition) is 4. The zero-order chi connectivity index (χ0) is 29.5. The van der Waals surface area contributed by atoms with Crippen molar-refractivity contribution in [2.75, 3.05) is 23.7 Å². The van der Waals surface area contributed by atoms with Crippen molar-refractivity contribution < 1.29 is 31.2 Å².